The van der Waals surface area contributed by atoms with Crippen LogP contribution in [-0.4, -0.2) is 19.6 Å². The number of halogens is 1. The first-order valence-electron chi connectivity index (χ1n) is 5.81. The van der Waals surface area contributed by atoms with Crippen molar-refractivity contribution in [3.8, 4) is 0 Å². The molecule has 0 fully saturated rings. The molecule has 0 saturated carbocycles. The Morgan fingerprint density at radius 3 is 2.95 bits per heavy atom. The smallest absolute Gasteiger partial charge is 0.373 e. The Hall–Kier alpha value is -1.30. The lowest BCUT2D eigenvalue weighted by molar-refractivity contribution is 0.0563. The summed E-state index contributed by atoms with van der Waals surface area (Å²) in [6.45, 7) is 1.40. The maximum Gasteiger partial charge on any atom is 0.373 e. The van der Waals surface area contributed by atoms with E-state index in [-0.39, 0.29) is 5.76 Å². The molecular weight excluding hydrogens is 286 g/mol. The molecular formula is C13H14ClNO3S. The number of carbonyl (C=O) groups excluding carboxylic acids is 1. The molecule has 6 heteroatoms. The molecule has 1 N–H and O–H groups in total. The first-order chi connectivity index (χ1) is 9.19. The van der Waals surface area contributed by atoms with Crippen LogP contribution in [0.1, 0.15) is 21.2 Å². The first-order valence-corrected chi connectivity index (χ1v) is 7.00. The fourth-order valence-electron chi connectivity index (χ4n) is 1.59. The Morgan fingerprint density at radius 1 is 1.42 bits per heavy atom. The number of furan rings is 1. The molecule has 2 rings (SSSR count). The van der Waals surface area contributed by atoms with Gasteiger partial charge in [0.2, 0.25) is 5.76 Å². The van der Waals surface area contributed by atoms with Gasteiger partial charge in [-0.3, -0.25) is 0 Å². The summed E-state index contributed by atoms with van der Waals surface area (Å²) < 4.78 is 10.7. The monoisotopic (exact) mass is 299 g/mol. The molecule has 0 aromatic carbocycles. The standard InChI is InChI=1S/C13H14ClNO3S/c1-17-13(16)11-4-2-9(18-11)8-15-7-6-10-3-5-12(14)19-10/h2-5,15H,6-8H2,1H3. The molecule has 0 aliphatic rings. The van der Waals surface area contributed by atoms with Gasteiger partial charge in [0.25, 0.3) is 0 Å². The predicted octanol–water partition coefficient (Wildman–Crippen LogP) is 3.11. The highest BCUT2D eigenvalue weighted by molar-refractivity contribution is 7.16. The molecule has 2 aromatic heterocycles. The molecule has 2 aromatic rings. The summed E-state index contributed by atoms with van der Waals surface area (Å²) in [5, 5.41) is 3.25. The third-order valence-electron chi connectivity index (χ3n) is 2.52. The van der Waals surface area contributed by atoms with E-state index in [9.17, 15) is 4.79 Å². The normalized spacial score (nSPS) is 10.6. The molecule has 0 spiro atoms. The van der Waals surface area contributed by atoms with E-state index in [1.165, 1.54) is 12.0 Å². The summed E-state index contributed by atoms with van der Waals surface area (Å²) in [4.78, 5) is 12.4. The second kappa shape index (κ2) is 6.75. The largest absolute Gasteiger partial charge is 0.463 e. The van der Waals surface area contributed by atoms with Gasteiger partial charge in [0.05, 0.1) is 18.0 Å². The lowest BCUT2D eigenvalue weighted by Crippen LogP contribution is -2.15. The molecule has 19 heavy (non-hydrogen) atoms. The molecule has 4 nitrogen and oxygen atoms in total. The summed E-state index contributed by atoms with van der Waals surface area (Å²) in [6.07, 6.45) is 0.919. The molecule has 0 aliphatic heterocycles. The Balaban J connectivity index is 1.73. The third kappa shape index (κ3) is 4.09. The lowest BCUT2D eigenvalue weighted by atomic mass is 10.3. The van der Waals surface area contributed by atoms with Crippen LogP contribution in [0.3, 0.4) is 0 Å². The quantitative estimate of drug-likeness (QED) is 0.658. The number of hydrogen-bond donors (Lipinski definition) is 1. The van der Waals surface area contributed by atoms with Gasteiger partial charge in [-0.2, -0.15) is 0 Å². The van der Waals surface area contributed by atoms with E-state index in [1.54, 1.807) is 23.5 Å². The van der Waals surface area contributed by atoms with Crippen molar-refractivity contribution in [3.63, 3.8) is 0 Å². The SMILES string of the molecule is COC(=O)c1ccc(CNCCc2ccc(Cl)s2)o1. The summed E-state index contributed by atoms with van der Waals surface area (Å²) in [6, 6.07) is 7.30. The van der Waals surface area contributed by atoms with E-state index in [4.69, 9.17) is 16.0 Å². The maximum atomic E-state index is 11.2. The number of esters is 1. The van der Waals surface area contributed by atoms with Gasteiger partial charge in [-0.15, -0.1) is 11.3 Å². The van der Waals surface area contributed by atoms with Crippen LogP contribution in [0.25, 0.3) is 0 Å². The van der Waals surface area contributed by atoms with Crippen molar-refractivity contribution in [3.05, 3.63) is 45.0 Å². The number of ether oxygens (including phenoxy) is 1. The minimum absolute atomic E-state index is 0.226. The highest BCUT2D eigenvalue weighted by Gasteiger charge is 2.10. The minimum Gasteiger partial charge on any atom is -0.463 e. The third-order valence-corrected chi connectivity index (χ3v) is 3.82. The van der Waals surface area contributed by atoms with Crippen LogP contribution in [0.2, 0.25) is 4.34 Å². The van der Waals surface area contributed by atoms with Crippen LogP contribution in [-0.2, 0) is 17.7 Å². The summed E-state index contributed by atoms with van der Waals surface area (Å²) in [5.41, 5.74) is 0. The van der Waals surface area contributed by atoms with Gasteiger partial charge in [-0.05, 0) is 30.7 Å². The van der Waals surface area contributed by atoms with E-state index >= 15 is 0 Å². The molecule has 0 aliphatic carbocycles. The summed E-state index contributed by atoms with van der Waals surface area (Å²) in [7, 11) is 1.33. The number of rotatable bonds is 6. The number of nitrogens with one attached hydrogen (secondary N) is 1. The zero-order valence-corrected chi connectivity index (χ0v) is 12.0. The van der Waals surface area contributed by atoms with Gasteiger partial charge >= 0.3 is 5.97 Å². The van der Waals surface area contributed by atoms with Crippen LogP contribution in [0, 0.1) is 0 Å². The Bertz CT molecular complexity index is 550. The van der Waals surface area contributed by atoms with Crippen molar-refractivity contribution in [2.75, 3.05) is 13.7 Å². The van der Waals surface area contributed by atoms with Gasteiger partial charge in [-0.25, -0.2) is 4.79 Å². The van der Waals surface area contributed by atoms with Crippen molar-refractivity contribution in [2.24, 2.45) is 0 Å². The molecule has 0 amide bonds. The predicted molar refractivity (Wildman–Crippen MR) is 74.8 cm³/mol. The fraction of sp³-hybridized carbons (Fsp3) is 0.308. The number of carbonyl (C=O) groups is 1. The molecule has 0 radical (unpaired) electrons. The molecule has 0 unspecified atom stereocenters. The van der Waals surface area contributed by atoms with Gasteiger partial charge in [0.15, 0.2) is 0 Å². The first kappa shape index (κ1) is 14.1. The minimum atomic E-state index is -0.459. The van der Waals surface area contributed by atoms with Gasteiger partial charge in [0.1, 0.15) is 5.76 Å². The Labute approximate surface area is 120 Å². The zero-order chi connectivity index (χ0) is 13.7. The lowest BCUT2D eigenvalue weighted by Gasteiger charge is -2.01. The van der Waals surface area contributed by atoms with Gasteiger partial charge < -0.3 is 14.5 Å². The van der Waals surface area contributed by atoms with Crippen LogP contribution in [0.4, 0.5) is 0 Å². The second-order valence-corrected chi connectivity index (χ2v) is 5.69. The highest BCUT2D eigenvalue weighted by atomic mass is 35.5. The molecule has 2 heterocycles. The van der Waals surface area contributed by atoms with Crippen molar-refractivity contribution in [1.82, 2.24) is 5.32 Å². The summed E-state index contributed by atoms with van der Waals surface area (Å²) >= 11 is 7.44. The van der Waals surface area contributed by atoms with Crippen LogP contribution >= 0.6 is 22.9 Å². The van der Waals surface area contributed by atoms with Crippen molar-refractivity contribution >= 4 is 28.9 Å². The Morgan fingerprint density at radius 2 is 2.26 bits per heavy atom. The zero-order valence-electron chi connectivity index (χ0n) is 10.4. The molecule has 0 bridgehead atoms. The topological polar surface area (TPSA) is 51.5 Å². The van der Waals surface area contributed by atoms with Crippen molar-refractivity contribution < 1.29 is 13.9 Å². The van der Waals surface area contributed by atoms with E-state index in [1.807, 2.05) is 12.1 Å². The summed E-state index contributed by atoms with van der Waals surface area (Å²) in [5.74, 6) is 0.480. The van der Waals surface area contributed by atoms with E-state index in [0.29, 0.717) is 12.3 Å². The average Bonchev–Trinajstić information content (AvgIpc) is 3.03. The van der Waals surface area contributed by atoms with Gasteiger partial charge in [-0.1, -0.05) is 11.6 Å². The van der Waals surface area contributed by atoms with Gasteiger partial charge in [0, 0.05) is 11.4 Å². The van der Waals surface area contributed by atoms with Crippen LogP contribution in [0.15, 0.2) is 28.7 Å². The second-order valence-electron chi connectivity index (χ2n) is 3.89. The number of thiophene rings is 1. The Kier molecular flexibility index (Phi) is 5.01. The molecule has 0 atom stereocenters. The maximum absolute atomic E-state index is 11.2. The molecule has 102 valence electrons. The average molecular weight is 300 g/mol. The number of methoxy groups -OCH3 is 1. The van der Waals surface area contributed by atoms with Crippen LogP contribution in [0.5, 0.6) is 0 Å². The van der Waals surface area contributed by atoms with Crippen molar-refractivity contribution in [2.45, 2.75) is 13.0 Å². The van der Waals surface area contributed by atoms with Crippen LogP contribution < -0.4 is 5.32 Å². The van der Waals surface area contributed by atoms with E-state index in [2.05, 4.69) is 10.1 Å². The highest BCUT2D eigenvalue weighted by Crippen LogP contribution is 2.21. The van der Waals surface area contributed by atoms with Crippen molar-refractivity contribution in [1.29, 1.82) is 0 Å². The van der Waals surface area contributed by atoms with E-state index in [0.717, 1.165) is 17.3 Å². The molecule has 0 saturated heterocycles. The van der Waals surface area contributed by atoms with E-state index < -0.39 is 5.97 Å². The number of hydrogen-bond acceptors (Lipinski definition) is 5. The fourth-order valence-corrected chi connectivity index (χ4v) is 2.68.